The number of aliphatic hydroxyl groups excluding tert-OH is 1. The Morgan fingerprint density at radius 1 is 1.50 bits per heavy atom. The Hall–Kier alpha value is -0.140. The molecule has 2 N–H and O–H groups in total. The van der Waals surface area contributed by atoms with Crippen LogP contribution in [0.2, 0.25) is 4.34 Å². The van der Waals surface area contributed by atoms with Crippen molar-refractivity contribution in [2.75, 3.05) is 6.61 Å². The molecule has 7 heteroatoms. The predicted octanol–water partition coefficient (Wildman–Crippen LogP) is 1.70. The minimum Gasteiger partial charge on any atom is -0.396 e. The number of thiophene rings is 1. The van der Waals surface area contributed by atoms with Gasteiger partial charge in [-0.2, -0.15) is 0 Å². The summed E-state index contributed by atoms with van der Waals surface area (Å²) in [6.07, 6.45) is 0. The topological polar surface area (TPSA) is 66.4 Å². The molecule has 0 amide bonds. The maximum atomic E-state index is 11.8. The minimum atomic E-state index is -3.52. The second kappa shape index (κ2) is 5.46. The van der Waals surface area contributed by atoms with Crippen molar-refractivity contribution in [3.63, 3.8) is 0 Å². The van der Waals surface area contributed by atoms with Crippen LogP contribution in [0.4, 0.5) is 0 Å². The summed E-state index contributed by atoms with van der Waals surface area (Å²) >= 11 is 6.69. The largest absolute Gasteiger partial charge is 0.396 e. The molecule has 0 saturated carbocycles. The van der Waals surface area contributed by atoms with E-state index in [4.69, 9.17) is 16.7 Å². The van der Waals surface area contributed by atoms with Gasteiger partial charge >= 0.3 is 0 Å². The highest BCUT2D eigenvalue weighted by atomic mass is 35.5. The molecule has 1 heterocycles. The quantitative estimate of drug-likeness (QED) is 0.864. The Bertz CT molecular complexity index is 443. The Kier molecular flexibility index (Phi) is 4.75. The van der Waals surface area contributed by atoms with E-state index in [0.717, 1.165) is 11.3 Å². The maximum absolute atomic E-state index is 11.8. The first-order valence-electron chi connectivity index (χ1n) is 4.75. The smallest absolute Gasteiger partial charge is 0.250 e. The van der Waals surface area contributed by atoms with Gasteiger partial charge in [0.2, 0.25) is 10.0 Å². The van der Waals surface area contributed by atoms with E-state index >= 15 is 0 Å². The monoisotopic (exact) mass is 283 g/mol. The molecule has 0 spiro atoms. The van der Waals surface area contributed by atoms with Crippen LogP contribution in [0.5, 0.6) is 0 Å². The fraction of sp³-hybridized carbons (Fsp3) is 0.556. The van der Waals surface area contributed by atoms with E-state index in [1.165, 1.54) is 6.07 Å². The number of aliphatic hydroxyl groups is 1. The Labute approximate surface area is 104 Å². The average Bonchev–Trinajstić information content (AvgIpc) is 2.63. The maximum Gasteiger partial charge on any atom is 0.250 e. The van der Waals surface area contributed by atoms with Crippen molar-refractivity contribution in [1.82, 2.24) is 4.72 Å². The lowest BCUT2D eigenvalue weighted by molar-refractivity contribution is 0.216. The summed E-state index contributed by atoms with van der Waals surface area (Å²) in [6, 6.07) is 2.68. The predicted molar refractivity (Wildman–Crippen MR) is 65.4 cm³/mol. The summed E-state index contributed by atoms with van der Waals surface area (Å²) in [5.74, 6) is -0.134. The molecular formula is C9H14ClNO3S2. The molecule has 0 radical (unpaired) electrons. The zero-order valence-corrected chi connectivity index (χ0v) is 11.4. The van der Waals surface area contributed by atoms with E-state index in [2.05, 4.69) is 4.72 Å². The van der Waals surface area contributed by atoms with E-state index in [-0.39, 0.29) is 22.8 Å². The summed E-state index contributed by atoms with van der Waals surface area (Å²) in [5, 5.41) is 8.92. The van der Waals surface area contributed by atoms with E-state index in [0.29, 0.717) is 4.34 Å². The molecule has 0 fully saturated rings. The molecule has 4 nitrogen and oxygen atoms in total. The molecule has 0 aromatic carbocycles. The van der Waals surface area contributed by atoms with E-state index in [1.807, 2.05) is 0 Å². The zero-order chi connectivity index (χ0) is 12.3. The number of hydrogen-bond acceptors (Lipinski definition) is 4. The van der Waals surface area contributed by atoms with Crippen LogP contribution in [0.1, 0.15) is 13.8 Å². The van der Waals surface area contributed by atoms with Crippen LogP contribution >= 0.6 is 22.9 Å². The van der Waals surface area contributed by atoms with Crippen LogP contribution in [0.15, 0.2) is 16.3 Å². The molecule has 0 aliphatic carbocycles. The molecule has 0 saturated heterocycles. The number of halogens is 1. The highest BCUT2D eigenvalue weighted by Crippen LogP contribution is 2.25. The van der Waals surface area contributed by atoms with Crippen molar-refractivity contribution in [2.45, 2.75) is 24.1 Å². The normalized spacial score (nSPS) is 16.0. The lowest BCUT2D eigenvalue weighted by Gasteiger charge is -2.18. The fourth-order valence-electron chi connectivity index (χ4n) is 1.02. The van der Waals surface area contributed by atoms with Gasteiger partial charge in [-0.15, -0.1) is 11.3 Å². The van der Waals surface area contributed by atoms with Crippen LogP contribution in [0.3, 0.4) is 0 Å². The van der Waals surface area contributed by atoms with Gasteiger partial charge < -0.3 is 5.11 Å². The van der Waals surface area contributed by atoms with Gasteiger partial charge in [0.05, 0.1) is 4.34 Å². The fourth-order valence-corrected chi connectivity index (χ4v) is 3.87. The van der Waals surface area contributed by atoms with Crippen molar-refractivity contribution in [3.8, 4) is 0 Å². The summed E-state index contributed by atoms with van der Waals surface area (Å²) in [6.45, 7) is 3.43. The average molecular weight is 284 g/mol. The molecule has 0 bridgehead atoms. The third-order valence-electron chi connectivity index (χ3n) is 2.30. The van der Waals surface area contributed by atoms with Crippen molar-refractivity contribution in [3.05, 3.63) is 16.5 Å². The van der Waals surface area contributed by atoms with E-state index < -0.39 is 10.0 Å². The van der Waals surface area contributed by atoms with Crippen LogP contribution < -0.4 is 4.72 Å². The number of sulfonamides is 1. The lowest BCUT2D eigenvalue weighted by Crippen LogP contribution is -2.37. The van der Waals surface area contributed by atoms with Gasteiger partial charge in [0, 0.05) is 12.6 Å². The van der Waals surface area contributed by atoms with Crippen LogP contribution in [0.25, 0.3) is 0 Å². The van der Waals surface area contributed by atoms with Gasteiger partial charge in [0.1, 0.15) is 4.21 Å². The van der Waals surface area contributed by atoms with Crippen molar-refractivity contribution in [1.29, 1.82) is 0 Å². The van der Waals surface area contributed by atoms with Gasteiger partial charge in [-0.25, -0.2) is 13.1 Å². The number of nitrogens with one attached hydrogen (secondary N) is 1. The lowest BCUT2D eigenvalue weighted by atomic mass is 10.1. The summed E-state index contributed by atoms with van der Waals surface area (Å²) in [7, 11) is -3.52. The first kappa shape index (κ1) is 13.9. The molecule has 0 aliphatic rings. The molecule has 2 atom stereocenters. The second-order valence-corrected chi connectivity index (χ2v) is 7.28. The first-order chi connectivity index (χ1) is 7.36. The SMILES string of the molecule is CC(CO)C(C)NS(=O)(=O)c1ccc(Cl)s1. The van der Waals surface area contributed by atoms with Gasteiger partial charge in [0.15, 0.2) is 0 Å². The van der Waals surface area contributed by atoms with E-state index in [1.54, 1.807) is 19.9 Å². The van der Waals surface area contributed by atoms with Gasteiger partial charge in [-0.1, -0.05) is 18.5 Å². The second-order valence-electron chi connectivity index (χ2n) is 3.63. The van der Waals surface area contributed by atoms with Crippen molar-refractivity contribution < 1.29 is 13.5 Å². The van der Waals surface area contributed by atoms with Crippen LogP contribution in [-0.4, -0.2) is 26.2 Å². The van der Waals surface area contributed by atoms with Crippen LogP contribution in [0, 0.1) is 5.92 Å². The number of hydrogen-bond donors (Lipinski definition) is 2. The summed E-state index contributed by atoms with van der Waals surface area (Å²) in [4.78, 5) is 0. The Morgan fingerprint density at radius 3 is 2.56 bits per heavy atom. The molecular weight excluding hydrogens is 270 g/mol. The van der Waals surface area contributed by atoms with Gasteiger partial charge in [0.25, 0.3) is 0 Å². The summed E-state index contributed by atoms with van der Waals surface area (Å²) < 4.78 is 26.8. The molecule has 2 unspecified atom stereocenters. The molecule has 1 aromatic rings. The van der Waals surface area contributed by atoms with E-state index in [9.17, 15) is 8.42 Å². The molecule has 0 aliphatic heterocycles. The first-order valence-corrected chi connectivity index (χ1v) is 7.43. The highest BCUT2D eigenvalue weighted by molar-refractivity contribution is 7.91. The third-order valence-corrected chi connectivity index (χ3v) is 5.58. The van der Waals surface area contributed by atoms with Gasteiger partial charge in [-0.05, 0) is 25.0 Å². The van der Waals surface area contributed by atoms with Gasteiger partial charge in [-0.3, -0.25) is 0 Å². The highest BCUT2D eigenvalue weighted by Gasteiger charge is 2.22. The van der Waals surface area contributed by atoms with Crippen molar-refractivity contribution in [2.24, 2.45) is 5.92 Å². The Morgan fingerprint density at radius 2 is 2.12 bits per heavy atom. The molecule has 1 aromatic heterocycles. The van der Waals surface area contributed by atoms with Crippen molar-refractivity contribution >= 4 is 33.0 Å². The molecule has 16 heavy (non-hydrogen) atoms. The Balaban J connectivity index is 2.80. The molecule has 92 valence electrons. The summed E-state index contributed by atoms with van der Waals surface area (Å²) in [5.41, 5.74) is 0. The standard InChI is InChI=1S/C9H14ClNO3S2/c1-6(5-12)7(2)11-16(13,14)9-4-3-8(10)15-9/h3-4,6-7,11-12H,5H2,1-2H3. The minimum absolute atomic E-state index is 0.0606. The molecule has 1 rings (SSSR count). The third kappa shape index (κ3) is 3.43. The number of rotatable bonds is 5. The zero-order valence-electron chi connectivity index (χ0n) is 8.97. The van der Waals surface area contributed by atoms with Crippen LogP contribution in [-0.2, 0) is 10.0 Å².